The first-order valence-corrected chi connectivity index (χ1v) is 10.2. The van der Waals surface area contributed by atoms with E-state index in [0.717, 1.165) is 22.8 Å². The molecule has 0 saturated heterocycles. The third kappa shape index (κ3) is 3.97. The first-order chi connectivity index (χ1) is 13.5. The Kier molecular flexibility index (Phi) is 5.48. The van der Waals surface area contributed by atoms with E-state index in [9.17, 15) is 9.18 Å². The largest absolute Gasteiger partial charge is 0.482 e. The summed E-state index contributed by atoms with van der Waals surface area (Å²) < 4.78 is 20.4. The molecule has 2 heterocycles. The molecule has 4 rings (SSSR count). The number of anilines is 1. The van der Waals surface area contributed by atoms with E-state index in [1.54, 1.807) is 46.8 Å². The van der Waals surface area contributed by atoms with E-state index in [1.165, 1.54) is 12.1 Å². The standard InChI is InChI=1S/C19H14Cl2FN3O2S/c20-11-1-6-17(15(21)7-11)27-8-18(26)23-19-14-9-28-10-16(14)24-25(19)13-4-2-12(22)3-5-13/h1-7H,8-10H2,(H,23,26). The molecule has 0 saturated carbocycles. The van der Waals surface area contributed by atoms with Crippen molar-refractivity contribution in [1.29, 1.82) is 0 Å². The van der Waals surface area contributed by atoms with Gasteiger partial charge in [0, 0.05) is 22.1 Å². The summed E-state index contributed by atoms with van der Waals surface area (Å²) in [4.78, 5) is 12.5. The number of halogens is 3. The van der Waals surface area contributed by atoms with Gasteiger partial charge >= 0.3 is 0 Å². The Hall–Kier alpha value is -2.22. The molecule has 1 aromatic heterocycles. The lowest BCUT2D eigenvalue weighted by Crippen LogP contribution is -2.22. The van der Waals surface area contributed by atoms with Crippen molar-refractivity contribution in [1.82, 2.24) is 9.78 Å². The summed E-state index contributed by atoms with van der Waals surface area (Å²) in [5, 5.41) is 8.25. The number of thioether (sulfide) groups is 1. The van der Waals surface area contributed by atoms with Crippen LogP contribution in [0, 0.1) is 5.82 Å². The summed E-state index contributed by atoms with van der Waals surface area (Å²) in [7, 11) is 0. The molecule has 0 spiro atoms. The first-order valence-electron chi connectivity index (χ1n) is 8.33. The highest BCUT2D eigenvalue weighted by Gasteiger charge is 2.25. The average Bonchev–Trinajstić information content (AvgIpc) is 3.24. The Morgan fingerprint density at radius 1 is 1.21 bits per heavy atom. The van der Waals surface area contributed by atoms with Crippen molar-refractivity contribution in [2.75, 3.05) is 11.9 Å². The van der Waals surface area contributed by atoms with Crippen molar-refractivity contribution in [3.05, 3.63) is 69.6 Å². The maximum absolute atomic E-state index is 13.3. The molecule has 5 nitrogen and oxygen atoms in total. The monoisotopic (exact) mass is 437 g/mol. The van der Waals surface area contributed by atoms with Gasteiger partial charge in [0.2, 0.25) is 0 Å². The second kappa shape index (κ2) is 8.03. The Balaban J connectivity index is 1.53. The van der Waals surface area contributed by atoms with Gasteiger partial charge in [0.25, 0.3) is 5.91 Å². The lowest BCUT2D eigenvalue weighted by Gasteiger charge is -2.12. The van der Waals surface area contributed by atoms with E-state index < -0.39 is 0 Å². The van der Waals surface area contributed by atoms with E-state index in [0.29, 0.717) is 27.3 Å². The molecule has 0 unspecified atom stereocenters. The molecule has 0 bridgehead atoms. The molecule has 2 aromatic carbocycles. The van der Waals surface area contributed by atoms with Crippen LogP contribution in [0.15, 0.2) is 42.5 Å². The Morgan fingerprint density at radius 3 is 2.75 bits per heavy atom. The zero-order valence-electron chi connectivity index (χ0n) is 14.4. The number of carbonyl (C=O) groups excluding carboxylic acids is 1. The van der Waals surface area contributed by atoms with Gasteiger partial charge in [-0.05, 0) is 42.5 Å². The van der Waals surface area contributed by atoms with Crippen LogP contribution >= 0.6 is 35.0 Å². The van der Waals surface area contributed by atoms with Gasteiger partial charge in [-0.25, -0.2) is 9.07 Å². The van der Waals surface area contributed by atoms with Crippen LogP contribution in [-0.2, 0) is 16.3 Å². The van der Waals surface area contributed by atoms with Crippen LogP contribution in [0.2, 0.25) is 10.0 Å². The van der Waals surface area contributed by atoms with Crippen molar-refractivity contribution < 1.29 is 13.9 Å². The van der Waals surface area contributed by atoms with Crippen LogP contribution in [0.4, 0.5) is 10.2 Å². The second-order valence-electron chi connectivity index (χ2n) is 6.07. The molecule has 1 N–H and O–H groups in total. The number of rotatable bonds is 5. The molecule has 0 fully saturated rings. The van der Waals surface area contributed by atoms with Gasteiger partial charge in [-0.15, -0.1) is 0 Å². The van der Waals surface area contributed by atoms with E-state index in [1.807, 2.05) is 0 Å². The third-order valence-electron chi connectivity index (χ3n) is 4.13. The molecule has 28 heavy (non-hydrogen) atoms. The number of fused-ring (bicyclic) bond motifs is 1. The highest BCUT2D eigenvalue weighted by Crippen LogP contribution is 2.36. The summed E-state index contributed by atoms with van der Waals surface area (Å²) in [6.07, 6.45) is 0. The Morgan fingerprint density at radius 2 is 2.00 bits per heavy atom. The lowest BCUT2D eigenvalue weighted by molar-refractivity contribution is -0.118. The highest BCUT2D eigenvalue weighted by atomic mass is 35.5. The van der Waals surface area contributed by atoms with Gasteiger partial charge in [0.05, 0.1) is 16.4 Å². The van der Waals surface area contributed by atoms with Gasteiger partial charge in [0.1, 0.15) is 17.4 Å². The van der Waals surface area contributed by atoms with Crippen LogP contribution in [0.3, 0.4) is 0 Å². The van der Waals surface area contributed by atoms with Crippen molar-refractivity contribution in [3.8, 4) is 11.4 Å². The highest BCUT2D eigenvalue weighted by molar-refractivity contribution is 7.98. The molecule has 3 aromatic rings. The van der Waals surface area contributed by atoms with Crippen LogP contribution < -0.4 is 10.1 Å². The fourth-order valence-electron chi connectivity index (χ4n) is 2.81. The lowest BCUT2D eigenvalue weighted by atomic mass is 10.2. The number of nitrogens with one attached hydrogen (secondary N) is 1. The fourth-order valence-corrected chi connectivity index (χ4v) is 4.31. The zero-order valence-corrected chi connectivity index (χ0v) is 16.7. The molecule has 0 radical (unpaired) electrons. The number of carbonyl (C=O) groups is 1. The summed E-state index contributed by atoms with van der Waals surface area (Å²) in [5.41, 5.74) is 2.54. The van der Waals surface area contributed by atoms with Gasteiger partial charge < -0.3 is 10.1 Å². The Bertz CT molecular complexity index is 1040. The number of hydrogen-bond donors (Lipinski definition) is 1. The molecule has 9 heteroatoms. The molecule has 0 atom stereocenters. The summed E-state index contributed by atoms with van der Waals surface area (Å²) >= 11 is 13.6. The summed E-state index contributed by atoms with van der Waals surface area (Å²) in [6, 6.07) is 10.7. The van der Waals surface area contributed by atoms with Gasteiger partial charge in [-0.2, -0.15) is 16.9 Å². The number of amides is 1. The molecular weight excluding hydrogens is 424 g/mol. The van der Waals surface area contributed by atoms with E-state index >= 15 is 0 Å². The number of aromatic nitrogens is 2. The molecule has 1 amide bonds. The third-order valence-corrected chi connectivity index (χ3v) is 5.63. The number of ether oxygens (including phenoxy) is 1. The average molecular weight is 438 g/mol. The van der Waals surface area contributed by atoms with E-state index in [-0.39, 0.29) is 18.3 Å². The van der Waals surface area contributed by atoms with Gasteiger partial charge in [-0.3, -0.25) is 4.79 Å². The number of nitrogens with zero attached hydrogens (tertiary/aromatic N) is 2. The van der Waals surface area contributed by atoms with Crippen molar-refractivity contribution in [3.63, 3.8) is 0 Å². The topological polar surface area (TPSA) is 56.1 Å². The molecule has 1 aliphatic rings. The molecular formula is C19H14Cl2FN3O2S. The van der Waals surface area contributed by atoms with Gasteiger partial charge in [0.15, 0.2) is 6.61 Å². The maximum atomic E-state index is 13.3. The Labute approximate surface area is 174 Å². The number of hydrogen-bond acceptors (Lipinski definition) is 4. The minimum Gasteiger partial charge on any atom is -0.482 e. The predicted molar refractivity (Wildman–Crippen MR) is 109 cm³/mol. The SMILES string of the molecule is O=C(COc1ccc(Cl)cc1Cl)Nc1c2c(nn1-c1ccc(F)cc1)CSC2. The summed E-state index contributed by atoms with van der Waals surface area (Å²) in [6.45, 7) is -0.224. The van der Waals surface area contributed by atoms with Crippen LogP contribution in [-0.4, -0.2) is 22.3 Å². The predicted octanol–water partition coefficient (Wildman–Crippen LogP) is 5.08. The maximum Gasteiger partial charge on any atom is 0.263 e. The minimum atomic E-state index is -0.353. The van der Waals surface area contributed by atoms with Crippen LogP contribution in [0.5, 0.6) is 5.75 Å². The van der Waals surface area contributed by atoms with E-state index in [2.05, 4.69) is 10.4 Å². The second-order valence-corrected chi connectivity index (χ2v) is 7.90. The zero-order chi connectivity index (χ0) is 19.7. The first kappa shape index (κ1) is 19.1. The van der Waals surface area contributed by atoms with Crippen LogP contribution in [0.1, 0.15) is 11.3 Å². The van der Waals surface area contributed by atoms with Gasteiger partial charge in [-0.1, -0.05) is 23.2 Å². The summed E-state index contributed by atoms with van der Waals surface area (Å²) in [5.74, 6) is 1.77. The quantitative estimate of drug-likeness (QED) is 0.604. The smallest absolute Gasteiger partial charge is 0.263 e. The van der Waals surface area contributed by atoms with Crippen molar-refractivity contribution >= 4 is 46.7 Å². The number of benzene rings is 2. The van der Waals surface area contributed by atoms with E-state index in [4.69, 9.17) is 27.9 Å². The minimum absolute atomic E-state index is 0.224. The molecule has 0 aliphatic carbocycles. The molecule has 144 valence electrons. The fraction of sp³-hybridized carbons (Fsp3) is 0.158. The van der Waals surface area contributed by atoms with Crippen molar-refractivity contribution in [2.45, 2.75) is 11.5 Å². The van der Waals surface area contributed by atoms with Crippen molar-refractivity contribution in [2.24, 2.45) is 0 Å². The van der Waals surface area contributed by atoms with Crippen LogP contribution in [0.25, 0.3) is 5.69 Å². The normalized spacial score (nSPS) is 12.7. The molecule has 1 aliphatic heterocycles.